The first-order valence-corrected chi connectivity index (χ1v) is 7.94. The van der Waals surface area contributed by atoms with E-state index >= 15 is 0 Å². The highest BCUT2D eigenvalue weighted by Gasteiger charge is 2.27. The number of aryl methyl sites for hydroxylation is 1. The molecule has 2 aromatic rings. The van der Waals surface area contributed by atoms with E-state index in [-0.39, 0.29) is 0 Å². The normalized spacial score (nSPS) is 17.1. The van der Waals surface area contributed by atoms with E-state index in [1.54, 1.807) is 0 Å². The number of hydrogen-bond acceptors (Lipinski definition) is 2. The van der Waals surface area contributed by atoms with Gasteiger partial charge in [-0.3, -0.25) is 4.90 Å². The van der Waals surface area contributed by atoms with Gasteiger partial charge in [0.1, 0.15) is 0 Å². The van der Waals surface area contributed by atoms with Gasteiger partial charge < -0.3 is 5.73 Å². The second kappa shape index (κ2) is 6.31. The molecule has 0 aromatic heterocycles. The molecular weight excluding hydrogens is 256 g/mol. The smallest absolute Gasteiger partial charge is 0.0357 e. The van der Waals surface area contributed by atoms with Gasteiger partial charge in [0, 0.05) is 18.3 Å². The Kier molecular flexibility index (Phi) is 4.26. The predicted molar refractivity (Wildman–Crippen MR) is 89.1 cm³/mol. The van der Waals surface area contributed by atoms with Gasteiger partial charge in [0.05, 0.1) is 0 Å². The summed E-state index contributed by atoms with van der Waals surface area (Å²) in [4.78, 5) is 2.62. The van der Waals surface area contributed by atoms with E-state index in [0.29, 0.717) is 6.04 Å². The van der Waals surface area contributed by atoms with Crippen LogP contribution in [0.15, 0.2) is 48.5 Å². The van der Waals surface area contributed by atoms with E-state index in [0.717, 1.165) is 25.2 Å². The predicted octanol–water partition coefficient (Wildman–Crippen LogP) is 4.17. The van der Waals surface area contributed by atoms with E-state index < -0.39 is 0 Å². The summed E-state index contributed by atoms with van der Waals surface area (Å²) in [6.45, 7) is 4.43. The molecule has 0 aliphatic heterocycles. The minimum absolute atomic E-state index is 0.542. The zero-order valence-corrected chi connectivity index (χ0v) is 12.8. The molecule has 0 amide bonds. The van der Waals surface area contributed by atoms with Crippen molar-refractivity contribution in [1.82, 2.24) is 4.90 Å². The number of rotatable bonds is 5. The largest absolute Gasteiger partial charge is 0.399 e. The maximum Gasteiger partial charge on any atom is 0.0357 e. The molecule has 3 rings (SSSR count). The number of nitrogens with zero attached hydrogens (tertiary/aromatic N) is 1. The highest BCUT2D eigenvalue weighted by molar-refractivity contribution is 5.47. The lowest BCUT2D eigenvalue weighted by Gasteiger charge is -2.29. The molecule has 0 radical (unpaired) electrons. The summed E-state index contributed by atoms with van der Waals surface area (Å²) < 4.78 is 0. The topological polar surface area (TPSA) is 29.3 Å². The quantitative estimate of drug-likeness (QED) is 0.833. The lowest BCUT2D eigenvalue weighted by Crippen LogP contribution is -2.28. The maximum absolute atomic E-state index is 5.92. The maximum atomic E-state index is 5.92. The molecule has 2 N–H and O–H groups in total. The van der Waals surface area contributed by atoms with Crippen LogP contribution in [0.2, 0.25) is 0 Å². The van der Waals surface area contributed by atoms with Gasteiger partial charge >= 0.3 is 0 Å². The van der Waals surface area contributed by atoms with E-state index in [1.165, 1.54) is 29.5 Å². The van der Waals surface area contributed by atoms with E-state index in [1.807, 2.05) is 6.07 Å². The molecule has 0 bridgehead atoms. The highest BCUT2D eigenvalue weighted by atomic mass is 15.2. The number of anilines is 1. The van der Waals surface area contributed by atoms with Gasteiger partial charge in [0.2, 0.25) is 0 Å². The van der Waals surface area contributed by atoms with Crippen molar-refractivity contribution in [3.8, 4) is 0 Å². The van der Waals surface area contributed by atoms with Gasteiger partial charge in [0.25, 0.3) is 0 Å². The van der Waals surface area contributed by atoms with Crippen LogP contribution in [0.5, 0.6) is 0 Å². The van der Waals surface area contributed by atoms with Gasteiger partial charge in [-0.15, -0.1) is 0 Å². The summed E-state index contributed by atoms with van der Waals surface area (Å²) in [5.41, 5.74) is 11.1. The van der Waals surface area contributed by atoms with Crippen LogP contribution in [0.3, 0.4) is 0 Å². The average molecular weight is 280 g/mol. The summed E-state index contributed by atoms with van der Waals surface area (Å²) >= 11 is 0. The Morgan fingerprint density at radius 3 is 2.71 bits per heavy atom. The van der Waals surface area contributed by atoms with Crippen molar-refractivity contribution >= 4 is 5.69 Å². The summed E-state index contributed by atoms with van der Waals surface area (Å²) in [6, 6.07) is 17.8. The van der Waals surface area contributed by atoms with Crippen molar-refractivity contribution in [2.45, 2.75) is 38.8 Å². The highest BCUT2D eigenvalue weighted by Crippen LogP contribution is 2.37. The molecule has 0 heterocycles. The molecule has 1 atom stereocenters. The monoisotopic (exact) mass is 280 g/mol. The van der Waals surface area contributed by atoms with Crippen molar-refractivity contribution < 1.29 is 0 Å². The van der Waals surface area contributed by atoms with Crippen LogP contribution in [-0.2, 0) is 13.0 Å². The Balaban J connectivity index is 1.83. The number of nitrogen functional groups attached to an aromatic ring is 1. The lowest BCUT2D eigenvalue weighted by atomic mass is 10.0. The number of fused-ring (bicyclic) bond motifs is 1. The molecule has 2 nitrogen and oxygen atoms in total. The van der Waals surface area contributed by atoms with Crippen molar-refractivity contribution in [2.24, 2.45) is 0 Å². The third kappa shape index (κ3) is 3.11. The molecular formula is C19H24N2. The van der Waals surface area contributed by atoms with Crippen LogP contribution in [0, 0.1) is 0 Å². The number of hydrogen-bond donors (Lipinski definition) is 1. The van der Waals surface area contributed by atoms with Crippen molar-refractivity contribution in [1.29, 1.82) is 0 Å². The van der Waals surface area contributed by atoms with E-state index in [9.17, 15) is 0 Å². The summed E-state index contributed by atoms with van der Waals surface area (Å²) in [6.07, 6.45) is 3.55. The van der Waals surface area contributed by atoms with Gasteiger partial charge in [0.15, 0.2) is 0 Å². The second-order valence-electron chi connectivity index (χ2n) is 5.97. The molecule has 1 aliphatic carbocycles. The Hall–Kier alpha value is -1.80. The first kappa shape index (κ1) is 14.2. The standard InChI is InChI=1S/C19H24N2/c1-2-12-21(14-15-6-4-3-5-7-15)19-11-8-16-13-17(20)9-10-18(16)19/h3-7,9-10,13,19H,2,8,11-12,14,20H2,1H3. The zero-order chi connectivity index (χ0) is 14.7. The van der Waals surface area contributed by atoms with Crippen LogP contribution >= 0.6 is 0 Å². The third-order valence-electron chi connectivity index (χ3n) is 4.39. The number of benzene rings is 2. The third-order valence-corrected chi connectivity index (χ3v) is 4.39. The zero-order valence-electron chi connectivity index (χ0n) is 12.8. The summed E-state index contributed by atoms with van der Waals surface area (Å²) in [5, 5.41) is 0. The van der Waals surface area contributed by atoms with Crippen molar-refractivity contribution in [3.05, 3.63) is 65.2 Å². The van der Waals surface area contributed by atoms with Crippen LogP contribution in [-0.4, -0.2) is 11.4 Å². The van der Waals surface area contributed by atoms with Crippen molar-refractivity contribution in [3.63, 3.8) is 0 Å². The molecule has 0 saturated carbocycles. The van der Waals surface area contributed by atoms with Gasteiger partial charge in [-0.1, -0.05) is 43.3 Å². The Morgan fingerprint density at radius 2 is 1.95 bits per heavy atom. The van der Waals surface area contributed by atoms with E-state index in [4.69, 9.17) is 5.73 Å². The Labute approximate surface area is 127 Å². The fourth-order valence-electron chi connectivity index (χ4n) is 3.44. The SMILES string of the molecule is CCCN(Cc1ccccc1)C1CCc2cc(N)ccc21. The molecule has 0 spiro atoms. The average Bonchev–Trinajstić information content (AvgIpc) is 2.90. The second-order valence-corrected chi connectivity index (χ2v) is 5.97. The first-order valence-electron chi connectivity index (χ1n) is 7.94. The molecule has 2 aromatic carbocycles. The summed E-state index contributed by atoms with van der Waals surface area (Å²) in [5.74, 6) is 0. The fourth-order valence-corrected chi connectivity index (χ4v) is 3.44. The first-order chi connectivity index (χ1) is 10.3. The minimum atomic E-state index is 0.542. The molecule has 0 saturated heterocycles. The molecule has 0 fully saturated rings. The van der Waals surface area contributed by atoms with Gasteiger partial charge in [-0.05, 0) is 54.6 Å². The lowest BCUT2D eigenvalue weighted by molar-refractivity contribution is 0.188. The van der Waals surface area contributed by atoms with Crippen LogP contribution < -0.4 is 5.73 Å². The number of nitrogens with two attached hydrogens (primary N) is 1. The Bertz CT molecular complexity index is 592. The van der Waals surface area contributed by atoms with Crippen LogP contribution in [0.1, 0.15) is 42.5 Å². The van der Waals surface area contributed by atoms with E-state index in [2.05, 4.69) is 54.3 Å². The van der Waals surface area contributed by atoms with Crippen LogP contribution in [0.25, 0.3) is 0 Å². The summed E-state index contributed by atoms with van der Waals surface area (Å²) in [7, 11) is 0. The van der Waals surface area contributed by atoms with Gasteiger partial charge in [-0.2, -0.15) is 0 Å². The van der Waals surface area contributed by atoms with Crippen molar-refractivity contribution in [2.75, 3.05) is 12.3 Å². The van der Waals surface area contributed by atoms with Gasteiger partial charge in [-0.25, -0.2) is 0 Å². The van der Waals surface area contributed by atoms with Crippen LogP contribution in [0.4, 0.5) is 5.69 Å². The molecule has 2 heteroatoms. The minimum Gasteiger partial charge on any atom is -0.399 e. The molecule has 1 aliphatic rings. The molecule has 21 heavy (non-hydrogen) atoms. The fraction of sp³-hybridized carbons (Fsp3) is 0.368. The molecule has 1 unspecified atom stereocenters. The Morgan fingerprint density at radius 1 is 1.14 bits per heavy atom. The molecule has 110 valence electrons.